The molecule has 0 aliphatic rings. The first kappa shape index (κ1) is 12.1. The summed E-state index contributed by atoms with van der Waals surface area (Å²) in [5.41, 5.74) is 1.75. The molecular weight excluding hydrogens is 280 g/mol. The molecule has 2 aromatic rings. The Hall–Kier alpha value is -1.35. The summed E-state index contributed by atoms with van der Waals surface area (Å²) >= 11 is 3.41. The van der Waals surface area contributed by atoms with Crippen LogP contribution < -0.4 is 0 Å². The van der Waals surface area contributed by atoms with Crippen molar-refractivity contribution in [3.05, 3.63) is 57.5 Å². The van der Waals surface area contributed by atoms with Crippen molar-refractivity contribution in [1.29, 1.82) is 0 Å². The molecule has 1 aromatic carbocycles. The third kappa shape index (κ3) is 2.50. The van der Waals surface area contributed by atoms with Gasteiger partial charge in [0, 0.05) is 16.5 Å². The summed E-state index contributed by atoms with van der Waals surface area (Å²) in [6.07, 6.45) is 0.794. The molecule has 0 amide bonds. The van der Waals surface area contributed by atoms with Crippen molar-refractivity contribution in [1.82, 2.24) is 0 Å². The van der Waals surface area contributed by atoms with Crippen LogP contribution in [0.4, 0.5) is 0 Å². The van der Waals surface area contributed by atoms with E-state index in [1.54, 1.807) is 6.07 Å². The van der Waals surface area contributed by atoms with Crippen LogP contribution in [0.5, 0.6) is 0 Å². The van der Waals surface area contributed by atoms with Gasteiger partial charge < -0.3 is 4.42 Å². The first-order valence-corrected chi connectivity index (χ1v) is 6.30. The molecule has 0 spiro atoms. The van der Waals surface area contributed by atoms with Crippen LogP contribution in [0.25, 0.3) is 0 Å². The van der Waals surface area contributed by atoms with E-state index in [2.05, 4.69) is 15.9 Å². The number of hydrogen-bond donors (Lipinski definition) is 0. The van der Waals surface area contributed by atoms with E-state index in [1.807, 2.05) is 38.1 Å². The molecule has 0 aliphatic carbocycles. The van der Waals surface area contributed by atoms with E-state index in [0.29, 0.717) is 11.3 Å². The summed E-state index contributed by atoms with van der Waals surface area (Å²) in [6, 6.07) is 9.23. The van der Waals surface area contributed by atoms with Gasteiger partial charge in [0.05, 0.1) is 0 Å². The summed E-state index contributed by atoms with van der Waals surface area (Å²) in [6.45, 7) is 3.98. The highest BCUT2D eigenvalue weighted by molar-refractivity contribution is 9.10. The monoisotopic (exact) mass is 292 g/mol. The summed E-state index contributed by atoms with van der Waals surface area (Å²) in [5.74, 6) is 1.14. The molecule has 1 aromatic heterocycles. The lowest BCUT2D eigenvalue weighted by atomic mass is 10.1. The van der Waals surface area contributed by atoms with Crippen LogP contribution in [-0.2, 0) is 6.42 Å². The highest BCUT2D eigenvalue weighted by Crippen LogP contribution is 2.22. The molecule has 0 bridgehead atoms. The predicted octanol–water partition coefficient (Wildman–Crippen LogP) is 4.14. The van der Waals surface area contributed by atoms with Crippen molar-refractivity contribution >= 4 is 21.7 Å². The average Bonchev–Trinajstić information content (AvgIpc) is 2.76. The lowest BCUT2D eigenvalue weighted by Crippen LogP contribution is -2.00. The smallest absolute Gasteiger partial charge is 0.229 e. The second-order valence-electron chi connectivity index (χ2n) is 3.93. The predicted molar refractivity (Wildman–Crippen MR) is 70.4 cm³/mol. The molecule has 2 rings (SSSR count). The number of hydrogen-bond acceptors (Lipinski definition) is 2. The minimum Gasteiger partial charge on any atom is -0.458 e. The van der Waals surface area contributed by atoms with Crippen LogP contribution in [0.1, 0.15) is 34.4 Å². The van der Waals surface area contributed by atoms with Crippen LogP contribution in [-0.4, -0.2) is 5.78 Å². The highest BCUT2D eigenvalue weighted by atomic mass is 79.9. The molecule has 2 nitrogen and oxygen atoms in total. The van der Waals surface area contributed by atoms with Crippen molar-refractivity contribution in [2.45, 2.75) is 20.3 Å². The van der Waals surface area contributed by atoms with Gasteiger partial charge in [-0.15, -0.1) is 0 Å². The van der Waals surface area contributed by atoms with Gasteiger partial charge in [-0.25, -0.2) is 0 Å². The topological polar surface area (TPSA) is 30.2 Å². The Kier molecular flexibility index (Phi) is 3.48. The Labute approximate surface area is 109 Å². The Morgan fingerprint density at radius 1 is 1.29 bits per heavy atom. The summed E-state index contributed by atoms with van der Waals surface area (Å²) < 4.78 is 6.27. The SMILES string of the molecule is CCc1ccc(C(=O)c2ccc(C)cc2Br)o1. The third-order valence-electron chi connectivity index (χ3n) is 2.60. The number of benzene rings is 1. The van der Waals surface area contributed by atoms with Crippen molar-refractivity contribution in [2.75, 3.05) is 0 Å². The third-order valence-corrected chi connectivity index (χ3v) is 3.26. The van der Waals surface area contributed by atoms with Crippen LogP contribution in [0.2, 0.25) is 0 Å². The lowest BCUT2D eigenvalue weighted by molar-refractivity contribution is 0.101. The summed E-state index contributed by atoms with van der Waals surface area (Å²) in [5, 5.41) is 0. The Balaban J connectivity index is 2.36. The standard InChI is InChI=1S/C14H13BrO2/c1-3-10-5-7-13(17-10)14(16)11-6-4-9(2)8-12(11)15/h4-8H,3H2,1-2H3. The highest BCUT2D eigenvalue weighted by Gasteiger charge is 2.16. The summed E-state index contributed by atoms with van der Waals surface area (Å²) in [4.78, 5) is 12.2. The van der Waals surface area contributed by atoms with E-state index in [9.17, 15) is 4.79 Å². The Bertz CT molecular complexity index is 555. The molecule has 0 aliphatic heterocycles. The van der Waals surface area contributed by atoms with E-state index < -0.39 is 0 Å². The Morgan fingerprint density at radius 3 is 2.65 bits per heavy atom. The number of aryl methyl sites for hydroxylation is 2. The molecule has 0 fully saturated rings. The zero-order valence-corrected chi connectivity index (χ0v) is 11.4. The normalized spacial score (nSPS) is 10.5. The molecular formula is C14H13BrO2. The first-order chi connectivity index (χ1) is 8.11. The minimum atomic E-state index is -0.0865. The average molecular weight is 293 g/mol. The fourth-order valence-corrected chi connectivity index (χ4v) is 2.30. The molecule has 88 valence electrons. The van der Waals surface area contributed by atoms with E-state index in [4.69, 9.17) is 4.42 Å². The van der Waals surface area contributed by atoms with Gasteiger partial charge in [-0.3, -0.25) is 4.79 Å². The summed E-state index contributed by atoms with van der Waals surface area (Å²) in [7, 11) is 0. The second kappa shape index (κ2) is 4.88. The van der Waals surface area contributed by atoms with Crippen LogP contribution in [0, 0.1) is 6.92 Å². The van der Waals surface area contributed by atoms with Crippen molar-refractivity contribution < 1.29 is 9.21 Å². The zero-order valence-electron chi connectivity index (χ0n) is 9.79. The maximum absolute atomic E-state index is 12.2. The molecule has 0 radical (unpaired) electrons. The van der Waals surface area contributed by atoms with Gasteiger partial charge in [0.2, 0.25) is 5.78 Å². The number of rotatable bonds is 3. The van der Waals surface area contributed by atoms with Gasteiger partial charge in [-0.1, -0.05) is 28.9 Å². The van der Waals surface area contributed by atoms with Gasteiger partial charge in [0.15, 0.2) is 5.76 Å². The molecule has 0 N–H and O–H groups in total. The fraction of sp³-hybridized carbons (Fsp3) is 0.214. The maximum atomic E-state index is 12.2. The van der Waals surface area contributed by atoms with Gasteiger partial charge >= 0.3 is 0 Å². The zero-order chi connectivity index (χ0) is 12.4. The van der Waals surface area contributed by atoms with Crippen molar-refractivity contribution in [3.63, 3.8) is 0 Å². The van der Waals surface area contributed by atoms with Gasteiger partial charge in [-0.2, -0.15) is 0 Å². The number of halogens is 1. The van der Waals surface area contributed by atoms with Gasteiger partial charge in [0.25, 0.3) is 0 Å². The van der Waals surface area contributed by atoms with Crippen molar-refractivity contribution in [3.8, 4) is 0 Å². The first-order valence-electron chi connectivity index (χ1n) is 5.51. The maximum Gasteiger partial charge on any atom is 0.229 e. The van der Waals surface area contributed by atoms with Crippen LogP contribution >= 0.6 is 15.9 Å². The molecule has 3 heteroatoms. The largest absolute Gasteiger partial charge is 0.458 e. The molecule has 0 saturated heterocycles. The van der Waals surface area contributed by atoms with Gasteiger partial charge in [-0.05, 0) is 36.8 Å². The number of furan rings is 1. The number of ketones is 1. The number of carbonyl (C=O) groups excluding carboxylic acids is 1. The Morgan fingerprint density at radius 2 is 2.06 bits per heavy atom. The van der Waals surface area contributed by atoms with E-state index in [1.165, 1.54) is 0 Å². The number of carbonyl (C=O) groups is 1. The fourth-order valence-electron chi connectivity index (χ4n) is 1.63. The van der Waals surface area contributed by atoms with Crippen LogP contribution in [0.15, 0.2) is 39.2 Å². The minimum absolute atomic E-state index is 0.0865. The quantitative estimate of drug-likeness (QED) is 0.796. The second-order valence-corrected chi connectivity index (χ2v) is 4.79. The van der Waals surface area contributed by atoms with Crippen molar-refractivity contribution in [2.24, 2.45) is 0 Å². The molecule has 0 unspecified atom stereocenters. The van der Waals surface area contributed by atoms with E-state index in [0.717, 1.165) is 22.2 Å². The van der Waals surface area contributed by atoms with E-state index >= 15 is 0 Å². The molecule has 0 saturated carbocycles. The molecule has 1 heterocycles. The lowest BCUT2D eigenvalue weighted by Gasteiger charge is -2.02. The molecule has 17 heavy (non-hydrogen) atoms. The van der Waals surface area contributed by atoms with Crippen LogP contribution in [0.3, 0.4) is 0 Å². The van der Waals surface area contributed by atoms with Gasteiger partial charge in [0.1, 0.15) is 5.76 Å². The van der Waals surface area contributed by atoms with E-state index in [-0.39, 0.29) is 5.78 Å². The molecule has 0 atom stereocenters.